The van der Waals surface area contributed by atoms with E-state index in [0.29, 0.717) is 5.75 Å². The lowest BCUT2D eigenvalue weighted by molar-refractivity contribution is 0.474. The second-order valence-electron chi connectivity index (χ2n) is 2.47. The van der Waals surface area contributed by atoms with E-state index in [2.05, 4.69) is 0 Å². The van der Waals surface area contributed by atoms with Crippen LogP contribution in [0.2, 0.25) is 0 Å². The number of benzene rings is 1. The molecule has 0 atom stereocenters. The van der Waals surface area contributed by atoms with Gasteiger partial charge in [-0.15, -0.1) is 0 Å². The van der Waals surface area contributed by atoms with Crippen LogP contribution in [0.1, 0.15) is 11.1 Å². The summed E-state index contributed by atoms with van der Waals surface area (Å²) < 4.78 is 0. The van der Waals surface area contributed by atoms with Crippen molar-refractivity contribution in [1.29, 1.82) is 10.8 Å². The van der Waals surface area contributed by atoms with Gasteiger partial charge in [0.05, 0.1) is 0 Å². The summed E-state index contributed by atoms with van der Waals surface area (Å²) in [6, 6.07) is 5.36. The first-order valence-electron chi connectivity index (χ1n) is 3.87. The standard InChI is InChI=1S/C8H10O.2CHNO/c1-6-3-4-8(9)5-7(6)2;2*2-1-3/h3-5,9H,1-2H3;2*2H. The van der Waals surface area contributed by atoms with E-state index >= 15 is 0 Å². The number of carbonyl (C=O) groups excluding carboxylic acids is 2. The maximum atomic E-state index is 8.94. The fraction of sp³-hybridized carbons (Fsp3) is 0.200. The van der Waals surface area contributed by atoms with Crippen LogP contribution in [-0.4, -0.2) is 17.3 Å². The van der Waals surface area contributed by atoms with Crippen molar-refractivity contribution in [3.05, 3.63) is 29.3 Å². The second kappa shape index (κ2) is 9.86. The van der Waals surface area contributed by atoms with Gasteiger partial charge in [0.15, 0.2) is 0 Å². The maximum absolute atomic E-state index is 8.94. The topological polar surface area (TPSA) is 102 Å². The summed E-state index contributed by atoms with van der Waals surface area (Å²) in [4.78, 5) is 16.7. The Bertz CT molecular complexity index is 351. The van der Waals surface area contributed by atoms with Crippen LogP contribution in [0.15, 0.2) is 18.2 Å². The van der Waals surface area contributed by atoms with Crippen LogP contribution in [0.5, 0.6) is 5.75 Å². The van der Waals surface area contributed by atoms with Crippen molar-refractivity contribution >= 4 is 12.2 Å². The highest BCUT2D eigenvalue weighted by Gasteiger charge is 1.90. The lowest BCUT2D eigenvalue weighted by atomic mass is 10.1. The van der Waals surface area contributed by atoms with E-state index in [-0.39, 0.29) is 0 Å². The zero-order chi connectivity index (χ0) is 12.3. The SMILES string of the molecule is Cc1ccc(O)cc1C.N=C=O.N=C=O. The minimum Gasteiger partial charge on any atom is -0.508 e. The monoisotopic (exact) mass is 208 g/mol. The van der Waals surface area contributed by atoms with E-state index in [9.17, 15) is 0 Å². The molecule has 0 aliphatic rings. The number of rotatable bonds is 0. The van der Waals surface area contributed by atoms with Gasteiger partial charge in [0.2, 0.25) is 12.2 Å². The van der Waals surface area contributed by atoms with Crippen molar-refractivity contribution in [3.8, 4) is 5.75 Å². The minimum absolute atomic E-state index is 0.345. The van der Waals surface area contributed by atoms with Gasteiger partial charge < -0.3 is 5.11 Å². The third-order valence-corrected chi connectivity index (χ3v) is 1.49. The van der Waals surface area contributed by atoms with Gasteiger partial charge in [0.1, 0.15) is 5.75 Å². The van der Waals surface area contributed by atoms with Crippen LogP contribution in [0.3, 0.4) is 0 Å². The molecule has 0 radical (unpaired) electrons. The van der Waals surface area contributed by atoms with Gasteiger partial charge in [-0.1, -0.05) is 6.07 Å². The molecule has 5 heteroatoms. The Morgan fingerprint density at radius 3 is 1.73 bits per heavy atom. The number of phenols is 1. The number of hydrogen-bond acceptors (Lipinski definition) is 5. The Hall–Kier alpha value is -2.22. The van der Waals surface area contributed by atoms with E-state index in [1.54, 1.807) is 12.1 Å². The van der Waals surface area contributed by atoms with E-state index in [0.717, 1.165) is 17.7 Å². The minimum atomic E-state index is 0.345. The van der Waals surface area contributed by atoms with Crippen LogP contribution < -0.4 is 0 Å². The molecular weight excluding hydrogens is 196 g/mol. The van der Waals surface area contributed by atoms with Crippen molar-refractivity contribution in [2.45, 2.75) is 13.8 Å². The van der Waals surface area contributed by atoms with E-state index < -0.39 is 0 Å². The highest BCUT2D eigenvalue weighted by atomic mass is 16.3. The van der Waals surface area contributed by atoms with Gasteiger partial charge in [-0.25, -0.2) is 20.4 Å². The molecule has 1 aromatic rings. The Kier molecular flexibility index (Phi) is 10.0. The summed E-state index contributed by atoms with van der Waals surface area (Å²) in [5.41, 5.74) is 2.35. The summed E-state index contributed by atoms with van der Waals surface area (Å²) in [6.45, 7) is 4.00. The molecule has 1 rings (SSSR count). The fourth-order valence-electron chi connectivity index (χ4n) is 0.726. The zero-order valence-electron chi connectivity index (χ0n) is 8.50. The van der Waals surface area contributed by atoms with Gasteiger partial charge in [-0.2, -0.15) is 0 Å². The predicted molar refractivity (Wildman–Crippen MR) is 54.4 cm³/mol. The normalized spacial score (nSPS) is 6.80. The average molecular weight is 208 g/mol. The third kappa shape index (κ3) is 9.70. The molecule has 0 aromatic heterocycles. The van der Waals surface area contributed by atoms with Gasteiger partial charge in [-0.3, -0.25) is 0 Å². The molecule has 15 heavy (non-hydrogen) atoms. The van der Waals surface area contributed by atoms with Crippen LogP contribution in [0, 0.1) is 24.7 Å². The first-order valence-corrected chi connectivity index (χ1v) is 3.87. The van der Waals surface area contributed by atoms with Gasteiger partial charge in [0, 0.05) is 0 Å². The molecule has 0 saturated carbocycles. The molecule has 0 saturated heterocycles. The van der Waals surface area contributed by atoms with Crippen molar-refractivity contribution in [2.24, 2.45) is 0 Å². The lowest BCUT2D eigenvalue weighted by Gasteiger charge is -1.97. The summed E-state index contributed by atoms with van der Waals surface area (Å²) in [7, 11) is 0. The molecule has 0 unspecified atom stereocenters. The molecule has 0 fully saturated rings. The predicted octanol–water partition coefficient (Wildman–Crippen LogP) is 1.81. The van der Waals surface area contributed by atoms with Crippen molar-refractivity contribution in [1.82, 2.24) is 0 Å². The zero-order valence-corrected chi connectivity index (χ0v) is 8.50. The molecule has 0 aliphatic carbocycles. The Labute approximate surface area is 87.4 Å². The van der Waals surface area contributed by atoms with Gasteiger partial charge in [-0.05, 0) is 37.1 Å². The van der Waals surface area contributed by atoms with Crippen molar-refractivity contribution < 1.29 is 14.7 Å². The third-order valence-electron chi connectivity index (χ3n) is 1.49. The summed E-state index contributed by atoms with van der Waals surface area (Å²) in [5, 5.41) is 19.7. The van der Waals surface area contributed by atoms with Crippen LogP contribution in [-0.2, 0) is 9.59 Å². The number of nitrogens with one attached hydrogen (secondary N) is 2. The molecule has 3 N–H and O–H groups in total. The first kappa shape index (κ1) is 15.3. The molecule has 0 spiro atoms. The van der Waals surface area contributed by atoms with Gasteiger partial charge in [0.25, 0.3) is 0 Å². The van der Waals surface area contributed by atoms with Crippen molar-refractivity contribution in [2.75, 3.05) is 0 Å². The number of phenolic OH excluding ortho intramolecular Hbond substituents is 1. The number of aryl methyl sites for hydroxylation is 2. The first-order chi connectivity index (χ1) is 7.03. The highest BCUT2D eigenvalue weighted by Crippen LogP contribution is 2.13. The van der Waals surface area contributed by atoms with Gasteiger partial charge >= 0.3 is 0 Å². The average Bonchev–Trinajstić information content (AvgIpc) is 2.14. The largest absolute Gasteiger partial charge is 0.508 e. The summed E-state index contributed by atoms with van der Waals surface area (Å²) >= 11 is 0. The molecule has 5 nitrogen and oxygen atoms in total. The Morgan fingerprint density at radius 1 is 1.07 bits per heavy atom. The molecule has 0 bridgehead atoms. The molecule has 80 valence electrons. The quantitative estimate of drug-likeness (QED) is 0.447. The number of hydrogen-bond donors (Lipinski definition) is 3. The lowest BCUT2D eigenvalue weighted by Crippen LogP contribution is -1.76. The number of isocyanates is 2. The fourth-order valence-corrected chi connectivity index (χ4v) is 0.726. The molecule has 0 amide bonds. The van der Waals surface area contributed by atoms with Crippen LogP contribution >= 0.6 is 0 Å². The smallest absolute Gasteiger partial charge is 0.231 e. The Morgan fingerprint density at radius 2 is 1.47 bits per heavy atom. The van der Waals surface area contributed by atoms with Crippen LogP contribution in [0.4, 0.5) is 0 Å². The van der Waals surface area contributed by atoms with E-state index in [1.807, 2.05) is 19.9 Å². The second-order valence-corrected chi connectivity index (χ2v) is 2.47. The number of aromatic hydroxyl groups is 1. The Balaban J connectivity index is 0. The van der Waals surface area contributed by atoms with Crippen molar-refractivity contribution in [3.63, 3.8) is 0 Å². The maximum Gasteiger partial charge on any atom is 0.231 e. The van der Waals surface area contributed by atoms with E-state index in [1.165, 1.54) is 5.56 Å². The highest BCUT2D eigenvalue weighted by molar-refractivity contribution is 5.32. The summed E-state index contributed by atoms with van der Waals surface area (Å²) in [5.74, 6) is 0.345. The van der Waals surface area contributed by atoms with E-state index in [4.69, 9.17) is 25.5 Å². The molecule has 1 aromatic carbocycles. The summed E-state index contributed by atoms with van der Waals surface area (Å²) in [6.07, 6.45) is 1.50. The molecular formula is C10H12N2O3. The van der Waals surface area contributed by atoms with Crippen LogP contribution in [0.25, 0.3) is 0 Å². The molecule has 0 heterocycles. The molecule has 0 aliphatic heterocycles.